The van der Waals surface area contributed by atoms with Crippen LogP contribution in [0.1, 0.15) is 18.9 Å². The average Bonchev–Trinajstić information content (AvgIpc) is 2.99. The first-order valence-electron chi connectivity index (χ1n) is 9.71. The van der Waals surface area contributed by atoms with E-state index in [1.54, 1.807) is 19.3 Å². The quantitative estimate of drug-likeness (QED) is 0.497. The van der Waals surface area contributed by atoms with Crippen LogP contribution in [-0.4, -0.2) is 58.9 Å². The predicted molar refractivity (Wildman–Crippen MR) is 115 cm³/mol. The van der Waals surface area contributed by atoms with Crippen LogP contribution in [0.15, 0.2) is 41.7 Å². The standard InChI is InChI=1S/C20H26N8O2/c1-14(29)27-6-3-7-28(9-8-27)19-23-12-17(13-24-19)16-5-2-4-15(10-16)11-25-20(30)26-18(21)22/h2,4-5,10,12-13H,3,6-9,11H2,1H3,(H5,21,22,25,26,30). The summed E-state index contributed by atoms with van der Waals surface area (Å²) in [6, 6.07) is 7.11. The van der Waals surface area contributed by atoms with E-state index in [4.69, 9.17) is 11.5 Å². The van der Waals surface area contributed by atoms with Crippen LogP contribution >= 0.6 is 0 Å². The normalized spacial score (nSPS) is 14.0. The molecule has 0 aliphatic carbocycles. The third kappa shape index (κ3) is 5.66. The van der Waals surface area contributed by atoms with Gasteiger partial charge in [0.1, 0.15) is 0 Å². The summed E-state index contributed by atoms with van der Waals surface area (Å²) in [5, 5.41) is 2.63. The molecule has 30 heavy (non-hydrogen) atoms. The zero-order valence-corrected chi connectivity index (χ0v) is 16.9. The van der Waals surface area contributed by atoms with Crippen molar-refractivity contribution in [3.05, 3.63) is 42.2 Å². The molecule has 3 amide bonds. The molecule has 1 saturated heterocycles. The minimum Gasteiger partial charge on any atom is -0.370 e. The van der Waals surface area contributed by atoms with Crippen LogP contribution in [0.5, 0.6) is 0 Å². The fourth-order valence-electron chi connectivity index (χ4n) is 3.26. The van der Waals surface area contributed by atoms with Gasteiger partial charge < -0.3 is 26.6 Å². The summed E-state index contributed by atoms with van der Waals surface area (Å²) >= 11 is 0. The Bertz CT molecular complexity index is 925. The van der Waals surface area contributed by atoms with Gasteiger partial charge in [-0.15, -0.1) is 0 Å². The van der Waals surface area contributed by atoms with Crippen molar-refractivity contribution in [2.24, 2.45) is 16.5 Å². The van der Waals surface area contributed by atoms with Crippen molar-refractivity contribution in [1.29, 1.82) is 0 Å². The van der Waals surface area contributed by atoms with Crippen molar-refractivity contribution >= 4 is 23.8 Å². The van der Waals surface area contributed by atoms with Crippen molar-refractivity contribution in [3.8, 4) is 11.1 Å². The van der Waals surface area contributed by atoms with Crippen LogP contribution < -0.4 is 21.7 Å². The minimum absolute atomic E-state index is 0.0995. The highest BCUT2D eigenvalue weighted by Gasteiger charge is 2.18. The largest absolute Gasteiger partial charge is 0.370 e. The van der Waals surface area contributed by atoms with Crippen LogP contribution in [0.25, 0.3) is 11.1 Å². The molecule has 1 aliphatic rings. The number of nitrogens with two attached hydrogens (primary N) is 2. The zero-order valence-electron chi connectivity index (χ0n) is 16.9. The maximum atomic E-state index is 11.6. The maximum Gasteiger partial charge on any atom is 0.344 e. The second-order valence-corrected chi connectivity index (χ2v) is 7.01. The van der Waals surface area contributed by atoms with Crippen LogP contribution in [-0.2, 0) is 11.3 Å². The molecule has 0 radical (unpaired) electrons. The third-order valence-electron chi connectivity index (χ3n) is 4.80. The molecule has 1 aliphatic heterocycles. The van der Waals surface area contributed by atoms with Gasteiger partial charge in [-0.25, -0.2) is 14.8 Å². The number of benzene rings is 1. The molecule has 0 bridgehead atoms. The number of anilines is 1. The molecule has 0 atom stereocenters. The smallest absolute Gasteiger partial charge is 0.344 e. The number of urea groups is 1. The van der Waals surface area contributed by atoms with E-state index < -0.39 is 6.03 Å². The van der Waals surface area contributed by atoms with E-state index in [1.165, 1.54) is 0 Å². The van der Waals surface area contributed by atoms with Gasteiger partial charge in [-0.2, -0.15) is 4.99 Å². The Hall–Kier alpha value is -3.69. The third-order valence-corrected chi connectivity index (χ3v) is 4.80. The zero-order chi connectivity index (χ0) is 21.5. The topological polar surface area (TPSA) is 143 Å². The van der Waals surface area contributed by atoms with Crippen LogP contribution in [0, 0.1) is 0 Å². The van der Waals surface area contributed by atoms with E-state index in [-0.39, 0.29) is 11.9 Å². The van der Waals surface area contributed by atoms with E-state index >= 15 is 0 Å². The summed E-state index contributed by atoms with van der Waals surface area (Å²) < 4.78 is 0. The molecule has 1 aromatic carbocycles. The molecule has 10 nitrogen and oxygen atoms in total. The summed E-state index contributed by atoms with van der Waals surface area (Å²) in [5.74, 6) is 0.476. The van der Waals surface area contributed by atoms with Crippen molar-refractivity contribution < 1.29 is 9.59 Å². The van der Waals surface area contributed by atoms with Crippen molar-refractivity contribution in [2.75, 3.05) is 31.1 Å². The fourth-order valence-corrected chi connectivity index (χ4v) is 3.26. The van der Waals surface area contributed by atoms with Crippen LogP contribution in [0.2, 0.25) is 0 Å². The highest BCUT2D eigenvalue weighted by Crippen LogP contribution is 2.21. The molecule has 0 unspecified atom stereocenters. The van der Waals surface area contributed by atoms with E-state index in [1.807, 2.05) is 29.2 Å². The number of nitrogens with zero attached hydrogens (tertiary/aromatic N) is 5. The Morgan fingerprint density at radius 2 is 1.87 bits per heavy atom. The van der Waals surface area contributed by atoms with Gasteiger partial charge in [-0.05, 0) is 23.6 Å². The second-order valence-electron chi connectivity index (χ2n) is 7.01. The molecule has 10 heteroatoms. The molecular formula is C20H26N8O2. The molecule has 2 aromatic rings. The lowest BCUT2D eigenvalue weighted by molar-refractivity contribution is -0.128. The van der Waals surface area contributed by atoms with Crippen LogP contribution in [0.4, 0.5) is 10.7 Å². The Balaban J connectivity index is 1.65. The van der Waals surface area contributed by atoms with Gasteiger partial charge in [-0.3, -0.25) is 4.79 Å². The highest BCUT2D eigenvalue weighted by atomic mass is 16.2. The number of nitrogens with one attached hydrogen (secondary N) is 1. The number of carbonyl (C=O) groups is 2. The molecule has 3 rings (SSSR count). The number of rotatable bonds is 4. The number of guanidine groups is 1. The van der Waals surface area contributed by atoms with E-state index in [0.717, 1.165) is 36.2 Å². The number of hydrogen-bond acceptors (Lipinski definition) is 5. The lowest BCUT2D eigenvalue weighted by Gasteiger charge is -2.21. The molecule has 1 aromatic heterocycles. The van der Waals surface area contributed by atoms with Gasteiger partial charge in [0.2, 0.25) is 11.9 Å². The first kappa shape index (κ1) is 21.0. The van der Waals surface area contributed by atoms with Gasteiger partial charge in [0, 0.05) is 57.6 Å². The monoisotopic (exact) mass is 410 g/mol. The second kappa shape index (κ2) is 9.68. The van der Waals surface area contributed by atoms with Crippen LogP contribution in [0.3, 0.4) is 0 Å². The number of amides is 3. The van der Waals surface area contributed by atoms with Gasteiger partial charge in [0.15, 0.2) is 5.96 Å². The predicted octanol–water partition coefficient (Wildman–Crippen LogP) is 0.685. The lowest BCUT2D eigenvalue weighted by Crippen LogP contribution is -2.34. The van der Waals surface area contributed by atoms with E-state index in [2.05, 4.69) is 25.2 Å². The maximum absolute atomic E-state index is 11.6. The first-order chi connectivity index (χ1) is 14.4. The van der Waals surface area contributed by atoms with Gasteiger partial charge >= 0.3 is 6.03 Å². The van der Waals surface area contributed by atoms with Gasteiger partial charge in [-0.1, -0.05) is 18.2 Å². The Morgan fingerprint density at radius 1 is 1.10 bits per heavy atom. The van der Waals surface area contributed by atoms with Gasteiger partial charge in [0.25, 0.3) is 0 Å². The number of carbonyl (C=O) groups excluding carboxylic acids is 2. The molecule has 0 spiro atoms. The first-order valence-corrected chi connectivity index (χ1v) is 9.71. The number of aliphatic imine (C=N–C) groups is 1. The Kier molecular flexibility index (Phi) is 6.79. The van der Waals surface area contributed by atoms with Crippen molar-refractivity contribution in [3.63, 3.8) is 0 Å². The SMILES string of the molecule is CC(=O)N1CCCN(c2ncc(-c3cccc(CNC(=O)N=C(N)N)c3)cn2)CC1. The minimum atomic E-state index is -0.589. The average molecular weight is 410 g/mol. The summed E-state index contributed by atoms with van der Waals surface area (Å²) in [5.41, 5.74) is 13.1. The Labute approximate surface area is 175 Å². The lowest BCUT2D eigenvalue weighted by atomic mass is 10.1. The molecular weight excluding hydrogens is 384 g/mol. The summed E-state index contributed by atoms with van der Waals surface area (Å²) in [6.45, 7) is 4.85. The number of hydrogen-bond donors (Lipinski definition) is 3. The number of aromatic nitrogens is 2. The molecule has 1 fully saturated rings. The summed E-state index contributed by atoms with van der Waals surface area (Å²) in [4.78, 5) is 39.6. The molecule has 158 valence electrons. The van der Waals surface area contributed by atoms with Crippen molar-refractivity contribution in [1.82, 2.24) is 20.2 Å². The summed E-state index contributed by atoms with van der Waals surface area (Å²) in [6.07, 6.45) is 4.46. The highest BCUT2D eigenvalue weighted by molar-refractivity contribution is 5.90. The van der Waals surface area contributed by atoms with Crippen molar-refractivity contribution in [2.45, 2.75) is 19.9 Å². The molecule has 5 N–H and O–H groups in total. The molecule has 0 saturated carbocycles. The van der Waals surface area contributed by atoms with E-state index in [9.17, 15) is 9.59 Å². The van der Waals surface area contributed by atoms with E-state index in [0.29, 0.717) is 25.6 Å². The summed E-state index contributed by atoms with van der Waals surface area (Å²) in [7, 11) is 0. The molecule has 2 heterocycles. The fraction of sp³-hybridized carbons (Fsp3) is 0.350. The Morgan fingerprint density at radius 3 is 2.57 bits per heavy atom. The van der Waals surface area contributed by atoms with Gasteiger partial charge in [0.05, 0.1) is 0 Å².